The second-order valence-electron chi connectivity index (χ2n) is 9.19. The van der Waals surface area contributed by atoms with Crippen LogP contribution in [0, 0.1) is 29.1 Å². The maximum Gasteiger partial charge on any atom is 0.138 e. The van der Waals surface area contributed by atoms with Gasteiger partial charge in [-0.3, -0.25) is 0 Å². The number of anilines is 1. The summed E-state index contributed by atoms with van der Waals surface area (Å²) in [5, 5.41) is 13.9. The highest BCUT2D eigenvalue weighted by molar-refractivity contribution is 5.85. The Labute approximate surface area is 228 Å². The summed E-state index contributed by atoms with van der Waals surface area (Å²) in [4.78, 5) is 7.05. The average molecular weight is 522 g/mol. The molecule has 0 bridgehead atoms. The number of piperidine rings is 1. The lowest BCUT2D eigenvalue weighted by Crippen LogP contribution is -2.33. The number of benzene rings is 1. The topological polar surface area (TPSA) is 84.9 Å². The van der Waals surface area contributed by atoms with E-state index >= 15 is 0 Å². The van der Waals surface area contributed by atoms with Gasteiger partial charge in [0.15, 0.2) is 0 Å². The second-order valence-corrected chi connectivity index (χ2v) is 9.19. The van der Waals surface area contributed by atoms with Gasteiger partial charge in [-0.1, -0.05) is 30.0 Å². The number of rotatable bonds is 9. The van der Waals surface area contributed by atoms with Gasteiger partial charge in [-0.25, -0.2) is 9.50 Å². The lowest BCUT2D eigenvalue weighted by atomic mass is 9.97. The molecule has 0 N–H and O–H groups in total. The molecular weight excluding hydrogens is 490 g/mol. The molecule has 1 aromatic carbocycles. The highest BCUT2D eigenvalue weighted by atomic mass is 16.5. The summed E-state index contributed by atoms with van der Waals surface area (Å²) < 4.78 is 18.6. The monoisotopic (exact) mass is 521 g/mol. The van der Waals surface area contributed by atoms with Crippen molar-refractivity contribution in [3.05, 3.63) is 72.7 Å². The number of ether oxygens (including phenoxy) is 3. The normalized spacial score (nSPS) is 13.5. The van der Waals surface area contributed by atoms with Gasteiger partial charge >= 0.3 is 0 Å². The molecule has 198 valence electrons. The lowest BCUT2D eigenvalue weighted by molar-refractivity contribution is 0.124. The molecule has 5 rings (SSSR count). The number of pyridine rings is 2. The molecule has 4 aromatic rings. The van der Waals surface area contributed by atoms with Crippen molar-refractivity contribution >= 4 is 11.3 Å². The minimum absolute atomic E-state index is 0.366. The van der Waals surface area contributed by atoms with Gasteiger partial charge in [-0.15, -0.1) is 0 Å². The van der Waals surface area contributed by atoms with Crippen LogP contribution in [-0.4, -0.2) is 54.1 Å². The van der Waals surface area contributed by atoms with E-state index in [0.29, 0.717) is 43.7 Å². The first-order valence-electron chi connectivity index (χ1n) is 13.2. The third kappa shape index (κ3) is 6.49. The Morgan fingerprint density at radius 1 is 1.00 bits per heavy atom. The highest BCUT2D eigenvalue weighted by Gasteiger charge is 2.19. The third-order valence-corrected chi connectivity index (χ3v) is 6.62. The second kappa shape index (κ2) is 12.8. The van der Waals surface area contributed by atoms with Gasteiger partial charge in [0, 0.05) is 36.3 Å². The predicted octanol–water partition coefficient (Wildman–Crippen LogP) is 4.98. The minimum Gasteiger partial charge on any atom is -0.492 e. The van der Waals surface area contributed by atoms with Crippen LogP contribution in [0.4, 0.5) is 5.82 Å². The molecule has 8 heteroatoms. The summed E-state index contributed by atoms with van der Waals surface area (Å²) in [5.74, 6) is 9.39. The molecule has 0 unspecified atom stereocenters. The maximum absolute atomic E-state index is 9.57. The zero-order valence-corrected chi connectivity index (χ0v) is 22.0. The number of hydrogen-bond donors (Lipinski definition) is 0. The fraction of sp³-hybridized carbons (Fsp3) is 0.323. The van der Waals surface area contributed by atoms with Crippen molar-refractivity contribution in [2.45, 2.75) is 19.8 Å². The first kappa shape index (κ1) is 26.1. The highest BCUT2D eigenvalue weighted by Crippen LogP contribution is 2.31. The van der Waals surface area contributed by atoms with Crippen molar-refractivity contribution in [1.29, 1.82) is 5.26 Å². The van der Waals surface area contributed by atoms with E-state index in [1.54, 1.807) is 16.9 Å². The molecule has 39 heavy (non-hydrogen) atoms. The molecular formula is C31H31N5O3. The standard InChI is InChI=1S/C31H31N5O3/c1-2-38-28-19-29(31-26(20-32)22-34-36(31)23-28)25-10-11-30(33-21-25)35-14-12-24(13-15-35)7-6-16-37-17-18-39-27-8-4-3-5-9-27/h3-5,8-11,19,21-24H,2,12-18H2,1H3. The molecule has 1 fully saturated rings. The van der Waals surface area contributed by atoms with E-state index in [1.807, 2.05) is 61.7 Å². The van der Waals surface area contributed by atoms with Crippen LogP contribution in [0.2, 0.25) is 0 Å². The van der Waals surface area contributed by atoms with Crippen molar-refractivity contribution in [2.24, 2.45) is 5.92 Å². The number of hydrogen-bond acceptors (Lipinski definition) is 7. The van der Waals surface area contributed by atoms with Crippen LogP contribution in [0.15, 0.2) is 67.1 Å². The minimum atomic E-state index is 0.366. The number of fused-ring (bicyclic) bond motifs is 1. The molecule has 0 atom stereocenters. The van der Waals surface area contributed by atoms with Gasteiger partial charge in [-0.05, 0) is 50.1 Å². The Kier molecular flexibility index (Phi) is 8.58. The van der Waals surface area contributed by atoms with Gasteiger partial charge < -0.3 is 19.1 Å². The molecule has 0 aliphatic carbocycles. The van der Waals surface area contributed by atoms with E-state index in [9.17, 15) is 5.26 Å². The SMILES string of the molecule is CCOc1cc(-c2ccc(N3CCC(C#CCOCCOc4ccccc4)CC3)nc2)c2c(C#N)cnn2c1. The molecule has 8 nitrogen and oxygen atoms in total. The van der Waals surface area contributed by atoms with Crippen molar-refractivity contribution in [3.63, 3.8) is 0 Å². The van der Waals surface area contributed by atoms with Crippen molar-refractivity contribution in [1.82, 2.24) is 14.6 Å². The zero-order valence-electron chi connectivity index (χ0n) is 22.0. The molecule has 0 amide bonds. The van der Waals surface area contributed by atoms with Gasteiger partial charge in [0.2, 0.25) is 0 Å². The number of aromatic nitrogens is 3. The Morgan fingerprint density at radius 3 is 2.59 bits per heavy atom. The number of nitriles is 1. The van der Waals surface area contributed by atoms with E-state index in [2.05, 4.69) is 27.9 Å². The molecule has 0 radical (unpaired) electrons. The molecule has 0 saturated carbocycles. The molecule has 4 heterocycles. The van der Waals surface area contributed by atoms with Crippen LogP contribution < -0.4 is 14.4 Å². The van der Waals surface area contributed by atoms with Gasteiger partial charge in [0.1, 0.15) is 36.6 Å². The summed E-state index contributed by atoms with van der Waals surface area (Å²) in [6.07, 6.45) is 7.22. The molecule has 1 saturated heterocycles. The molecule has 1 aliphatic rings. The Hall–Kier alpha value is -4.53. The third-order valence-electron chi connectivity index (χ3n) is 6.62. The summed E-state index contributed by atoms with van der Waals surface area (Å²) in [6, 6.07) is 18.0. The van der Waals surface area contributed by atoms with E-state index < -0.39 is 0 Å². The number of nitrogens with zero attached hydrogens (tertiary/aromatic N) is 5. The lowest BCUT2D eigenvalue weighted by Gasteiger charge is -2.30. The fourth-order valence-electron chi connectivity index (χ4n) is 4.67. The van der Waals surface area contributed by atoms with Gasteiger partial charge in [-0.2, -0.15) is 10.4 Å². The van der Waals surface area contributed by atoms with Crippen molar-refractivity contribution in [2.75, 3.05) is 44.4 Å². The first-order chi connectivity index (χ1) is 19.2. The van der Waals surface area contributed by atoms with Crippen LogP contribution in [0.25, 0.3) is 16.6 Å². The zero-order chi connectivity index (χ0) is 26.9. The smallest absolute Gasteiger partial charge is 0.138 e. The fourth-order valence-corrected chi connectivity index (χ4v) is 4.67. The Morgan fingerprint density at radius 2 is 1.85 bits per heavy atom. The van der Waals surface area contributed by atoms with Crippen molar-refractivity contribution < 1.29 is 14.2 Å². The summed E-state index contributed by atoms with van der Waals surface area (Å²) in [5.41, 5.74) is 3.06. The average Bonchev–Trinajstić information content (AvgIpc) is 3.40. The predicted molar refractivity (Wildman–Crippen MR) is 150 cm³/mol. The summed E-state index contributed by atoms with van der Waals surface area (Å²) in [7, 11) is 0. The van der Waals surface area contributed by atoms with E-state index in [-0.39, 0.29) is 0 Å². The van der Waals surface area contributed by atoms with Gasteiger partial charge in [0.25, 0.3) is 0 Å². The molecule has 1 aliphatic heterocycles. The maximum atomic E-state index is 9.57. The van der Waals surface area contributed by atoms with Crippen LogP contribution in [0.5, 0.6) is 11.5 Å². The quantitative estimate of drug-likeness (QED) is 0.227. The van der Waals surface area contributed by atoms with Crippen LogP contribution in [0.1, 0.15) is 25.3 Å². The number of para-hydroxylation sites is 1. The van der Waals surface area contributed by atoms with E-state index in [1.165, 1.54) is 0 Å². The molecule has 3 aromatic heterocycles. The Bertz CT molecular complexity index is 1470. The van der Waals surface area contributed by atoms with Crippen LogP contribution in [-0.2, 0) is 4.74 Å². The molecule has 0 spiro atoms. The van der Waals surface area contributed by atoms with Crippen molar-refractivity contribution in [3.8, 4) is 40.5 Å². The largest absolute Gasteiger partial charge is 0.492 e. The van der Waals surface area contributed by atoms with E-state index in [0.717, 1.165) is 54.1 Å². The first-order valence-corrected chi connectivity index (χ1v) is 13.2. The van der Waals surface area contributed by atoms with E-state index in [4.69, 9.17) is 19.2 Å². The van der Waals surface area contributed by atoms with Crippen LogP contribution >= 0.6 is 0 Å². The van der Waals surface area contributed by atoms with Gasteiger partial charge in [0.05, 0.1) is 36.7 Å². The summed E-state index contributed by atoms with van der Waals surface area (Å²) in [6.45, 7) is 5.75. The Balaban J connectivity index is 1.13. The van der Waals surface area contributed by atoms with Crippen LogP contribution in [0.3, 0.4) is 0 Å². The summed E-state index contributed by atoms with van der Waals surface area (Å²) >= 11 is 0.